The van der Waals surface area contributed by atoms with E-state index in [1.54, 1.807) is 12.2 Å². The molecule has 0 atom stereocenters. The fourth-order valence-electron chi connectivity index (χ4n) is 0.379. The molecule has 0 saturated heterocycles. The molecular formula is C5H4IO2. The zero-order valence-electron chi connectivity index (χ0n) is 3.97. The van der Waals surface area contributed by atoms with Gasteiger partial charge in [-0.2, -0.15) is 0 Å². The molecule has 0 aromatic heterocycles. The second kappa shape index (κ2) is 2.30. The molecule has 1 aliphatic rings. The van der Waals surface area contributed by atoms with E-state index >= 15 is 0 Å². The van der Waals surface area contributed by atoms with Gasteiger partial charge in [-0.05, 0) is 10.2 Å². The molecule has 1 radical (unpaired) electrons. The molecule has 0 unspecified atom stereocenters. The van der Waals surface area contributed by atoms with Crippen LogP contribution in [0, 0.1) is 0 Å². The maximum absolute atomic E-state index is 10.1. The average Bonchev–Trinajstić information content (AvgIpc) is 2.12. The molecule has 43 valence electrons. The van der Waals surface area contributed by atoms with Gasteiger partial charge < -0.3 is 5.11 Å². The summed E-state index contributed by atoms with van der Waals surface area (Å²) in [5.74, 6) is -0.761. The van der Waals surface area contributed by atoms with Crippen molar-refractivity contribution in [2.45, 2.75) is 0 Å². The Balaban J connectivity index is 2.64. The topological polar surface area (TPSA) is 37.3 Å². The zero-order valence-corrected chi connectivity index (χ0v) is 6.12. The first-order valence-electron chi connectivity index (χ1n) is 2.04. The fraction of sp³-hybridized carbons (Fsp3) is 0. The van der Waals surface area contributed by atoms with Gasteiger partial charge in [-0.1, -0.05) is 27.3 Å². The van der Waals surface area contributed by atoms with E-state index in [9.17, 15) is 4.79 Å². The Bertz CT molecular complexity index is 169. The van der Waals surface area contributed by atoms with Crippen LogP contribution in [0.5, 0.6) is 0 Å². The summed E-state index contributed by atoms with van der Waals surface area (Å²) in [6.45, 7) is 0. The van der Waals surface area contributed by atoms with Crippen molar-refractivity contribution in [2.75, 3.05) is 0 Å². The summed E-state index contributed by atoms with van der Waals surface area (Å²) in [5, 5.41) is 8.33. The number of hydrogen-bond donors (Lipinski definition) is 1. The number of halogens is 1. The second-order valence-electron chi connectivity index (χ2n) is 1.25. The summed E-state index contributed by atoms with van der Waals surface area (Å²) >= 11 is -0.283. The van der Waals surface area contributed by atoms with Crippen molar-refractivity contribution in [3.05, 3.63) is 19.8 Å². The van der Waals surface area contributed by atoms with Gasteiger partial charge in [-0.3, -0.25) is 0 Å². The van der Waals surface area contributed by atoms with Gasteiger partial charge in [-0.15, -0.1) is 0 Å². The zero-order chi connectivity index (χ0) is 5.98. The third-order valence-corrected chi connectivity index (χ3v) is 2.97. The molecule has 8 heavy (non-hydrogen) atoms. The van der Waals surface area contributed by atoms with E-state index in [0.29, 0.717) is 3.58 Å². The van der Waals surface area contributed by atoms with Gasteiger partial charge in [0.05, 0.1) is 3.58 Å². The molecule has 0 fully saturated rings. The molecule has 0 aromatic rings. The Hall–Kier alpha value is -0.320. The highest BCUT2D eigenvalue weighted by Crippen LogP contribution is 2.30. The Labute approximate surface area is 57.2 Å². The summed E-state index contributed by atoms with van der Waals surface area (Å²) in [4.78, 5) is 10.1. The lowest BCUT2D eigenvalue weighted by Gasteiger charge is -1.86. The first-order chi connectivity index (χ1) is 3.80. The Kier molecular flexibility index (Phi) is 1.67. The fourth-order valence-corrected chi connectivity index (χ4v) is 1.86. The third-order valence-electron chi connectivity index (χ3n) is 0.700. The average molecular weight is 223 g/mol. The number of carbonyl (C=O) groups is 1. The number of rotatable bonds is 1. The molecule has 3 heteroatoms. The van der Waals surface area contributed by atoms with Gasteiger partial charge in [0.15, 0.2) is 0 Å². The van der Waals surface area contributed by atoms with E-state index in [0.717, 1.165) is 0 Å². The van der Waals surface area contributed by atoms with E-state index < -0.39 is 5.97 Å². The second-order valence-corrected chi connectivity index (χ2v) is 3.75. The first kappa shape index (κ1) is 5.81. The van der Waals surface area contributed by atoms with Gasteiger partial charge in [0.2, 0.25) is 0 Å². The third kappa shape index (κ3) is 1.09. The smallest absolute Gasteiger partial charge is 0.341 e. The predicted octanol–water partition coefficient (Wildman–Crippen LogP) is 1.45. The Morgan fingerprint density at radius 1 is 1.75 bits per heavy atom. The highest BCUT2D eigenvalue weighted by molar-refractivity contribution is 14.2. The summed E-state index contributed by atoms with van der Waals surface area (Å²) in [5.41, 5.74) is 0. The van der Waals surface area contributed by atoms with Crippen molar-refractivity contribution >= 4 is 27.2 Å². The minimum Gasteiger partial charge on any atom is -0.477 e. The molecule has 0 saturated carbocycles. The van der Waals surface area contributed by atoms with Crippen LogP contribution in [0.4, 0.5) is 0 Å². The van der Waals surface area contributed by atoms with Crippen LogP contribution < -0.4 is 0 Å². The minimum absolute atomic E-state index is 0.283. The normalized spacial score (nSPS) is 16.2. The number of allylic oxidation sites excluding steroid dienone is 2. The molecule has 1 aliphatic heterocycles. The summed E-state index contributed by atoms with van der Waals surface area (Å²) in [7, 11) is 0. The summed E-state index contributed by atoms with van der Waals surface area (Å²) in [6.07, 6.45) is 3.46. The maximum Gasteiger partial charge on any atom is 0.341 e. The van der Waals surface area contributed by atoms with E-state index in [4.69, 9.17) is 5.11 Å². The number of aliphatic carboxylic acids is 1. The maximum atomic E-state index is 10.1. The van der Waals surface area contributed by atoms with Crippen LogP contribution in [0.2, 0.25) is 0 Å². The lowest BCUT2D eigenvalue weighted by atomic mass is 10.5. The van der Waals surface area contributed by atoms with Crippen LogP contribution in [0.15, 0.2) is 19.8 Å². The molecule has 0 bridgehead atoms. The van der Waals surface area contributed by atoms with Gasteiger partial charge in [-0.25, -0.2) is 4.79 Å². The van der Waals surface area contributed by atoms with Crippen molar-refractivity contribution in [3.63, 3.8) is 0 Å². The molecule has 0 amide bonds. The van der Waals surface area contributed by atoms with Gasteiger partial charge >= 0.3 is 5.97 Å². The van der Waals surface area contributed by atoms with E-state index in [2.05, 4.69) is 0 Å². The summed E-state index contributed by atoms with van der Waals surface area (Å²) in [6, 6.07) is 0. The molecule has 2 nitrogen and oxygen atoms in total. The first-order valence-corrected chi connectivity index (χ1v) is 4.36. The SMILES string of the molecule is O=C(O)C1=CC=C[I]1. The standard InChI is InChI=1S/C5H4IO2/c7-5(8)4-2-1-3-6-4/h1-3H,(H,7,8). The Morgan fingerprint density at radius 2 is 2.50 bits per heavy atom. The lowest BCUT2D eigenvalue weighted by Crippen LogP contribution is -1.91. The van der Waals surface area contributed by atoms with Crippen LogP contribution in [0.3, 0.4) is 0 Å². The summed E-state index contributed by atoms with van der Waals surface area (Å²) < 4.78 is 2.52. The van der Waals surface area contributed by atoms with Crippen molar-refractivity contribution in [1.82, 2.24) is 0 Å². The van der Waals surface area contributed by atoms with Crippen molar-refractivity contribution in [2.24, 2.45) is 0 Å². The number of carboxylic acid groups (broad SMARTS) is 1. The van der Waals surface area contributed by atoms with Gasteiger partial charge in [0.1, 0.15) is 0 Å². The molecule has 1 N–H and O–H groups in total. The van der Waals surface area contributed by atoms with Crippen LogP contribution in [0.25, 0.3) is 0 Å². The molecule has 0 aliphatic carbocycles. The quantitative estimate of drug-likeness (QED) is 0.683. The molecular weight excluding hydrogens is 219 g/mol. The number of carboxylic acids is 1. The van der Waals surface area contributed by atoms with Crippen LogP contribution in [0.1, 0.15) is 0 Å². The number of hydrogen-bond acceptors (Lipinski definition) is 1. The minimum atomic E-state index is -0.761. The van der Waals surface area contributed by atoms with Gasteiger partial charge in [0.25, 0.3) is 0 Å². The molecule has 1 heterocycles. The largest absolute Gasteiger partial charge is 0.477 e. The molecule has 0 spiro atoms. The van der Waals surface area contributed by atoms with Crippen molar-refractivity contribution < 1.29 is 9.90 Å². The predicted molar refractivity (Wildman–Crippen MR) is 38.9 cm³/mol. The van der Waals surface area contributed by atoms with Gasteiger partial charge in [0, 0.05) is 0 Å². The highest BCUT2D eigenvalue weighted by atomic mass is 127. The van der Waals surface area contributed by atoms with Crippen molar-refractivity contribution in [1.29, 1.82) is 0 Å². The van der Waals surface area contributed by atoms with Crippen LogP contribution in [-0.4, -0.2) is 11.1 Å². The van der Waals surface area contributed by atoms with Crippen LogP contribution >= 0.6 is 21.2 Å². The lowest BCUT2D eigenvalue weighted by molar-refractivity contribution is -0.131. The Morgan fingerprint density at radius 3 is 2.75 bits per heavy atom. The van der Waals surface area contributed by atoms with E-state index in [1.165, 1.54) is 0 Å². The van der Waals surface area contributed by atoms with Crippen LogP contribution in [-0.2, 0) is 4.79 Å². The monoisotopic (exact) mass is 223 g/mol. The molecule has 0 aromatic carbocycles. The highest BCUT2D eigenvalue weighted by Gasteiger charge is 2.06. The van der Waals surface area contributed by atoms with E-state index in [-0.39, 0.29) is 21.2 Å². The van der Waals surface area contributed by atoms with E-state index in [1.807, 2.05) is 4.08 Å². The van der Waals surface area contributed by atoms with Crippen molar-refractivity contribution in [3.8, 4) is 0 Å². The molecule has 1 rings (SSSR count).